The number of rotatable bonds is 4. The molecule has 0 saturated heterocycles. The molecule has 0 atom stereocenters. The molecule has 0 fully saturated rings. The quantitative estimate of drug-likeness (QED) is 0.122. The van der Waals surface area contributed by atoms with E-state index in [9.17, 15) is 26.3 Å². The highest BCUT2D eigenvalue weighted by atomic mass is 19.2. The molecule has 0 nitrogen and oxygen atoms in total. The van der Waals surface area contributed by atoms with Gasteiger partial charge < -0.3 is 0 Å². The van der Waals surface area contributed by atoms with Crippen molar-refractivity contribution in [2.75, 3.05) is 0 Å². The van der Waals surface area contributed by atoms with Gasteiger partial charge in [0.15, 0.2) is 34.9 Å². The van der Waals surface area contributed by atoms with Crippen molar-refractivity contribution in [2.24, 2.45) is 0 Å². The lowest BCUT2D eigenvalue weighted by Crippen LogP contribution is -1.99. The van der Waals surface area contributed by atoms with Crippen LogP contribution in [0.1, 0.15) is 33.4 Å². The number of halogens is 6. The summed E-state index contributed by atoms with van der Waals surface area (Å²) in [5, 5.41) is 8.56. The van der Waals surface area contributed by atoms with Crippen LogP contribution < -0.4 is 0 Å². The zero-order chi connectivity index (χ0) is 45.1. The Hall–Kier alpha value is -7.18. The van der Waals surface area contributed by atoms with E-state index in [2.05, 4.69) is 88.4 Å². The molecule has 0 spiro atoms. The van der Waals surface area contributed by atoms with E-state index in [1.165, 1.54) is 54.9 Å². The summed E-state index contributed by atoms with van der Waals surface area (Å²) in [6.07, 6.45) is 0. The highest BCUT2D eigenvalue weighted by Gasteiger charge is 2.23. The van der Waals surface area contributed by atoms with Crippen molar-refractivity contribution in [1.82, 2.24) is 0 Å². The molecule has 0 aromatic heterocycles. The predicted molar refractivity (Wildman–Crippen MR) is 253 cm³/mol. The molecule has 0 aliphatic heterocycles. The van der Waals surface area contributed by atoms with Crippen LogP contribution in [0.25, 0.3) is 87.6 Å². The second-order valence-corrected chi connectivity index (χ2v) is 16.6. The van der Waals surface area contributed by atoms with Crippen LogP contribution in [0.2, 0.25) is 0 Å². The molecule has 0 amide bonds. The van der Waals surface area contributed by atoms with Crippen molar-refractivity contribution in [2.45, 2.75) is 41.5 Å². The Kier molecular flexibility index (Phi) is 10.9. The number of benzene rings is 10. The van der Waals surface area contributed by atoms with Crippen LogP contribution in [0.4, 0.5) is 26.3 Å². The van der Waals surface area contributed by atoms with Gasteiger partial charge in [0.05, 0.1) is 0 Å². The topological polar surface area (TPSA) is 0 Å². The van der Waals surface area contributed by atoms with Crippen LogP contribution in [-0.2, 0) is 0 Å². The van der Waals surface area contributed by atoms with E-state index >= 15 is 0 Å². The van der Waals surface area contributed by atoms with Crippen molar-refractivity contribution < 1.29 is 26.3 Å². The van der Waals surface area contributed by atoms with Gasteiger partial charge in [0.2, 0.25) is 0 Å². The van der Waals surface area contributed by atoms with Gasteiger partial charge in [0.25, 0.3) is 0 Å². The van der Waals surface area contributed by atoms with Gasteiger partial charge in [-0.05, 0) is 199 Å². The zero-order valence-corrected chi connectivity index (χ0v) is 36.1. The first kappa shape index (κ1) is 42.1. The first-order chi connectivity index (χ1) is 30.7. The van der Waals surface area contributed by atoms with Crippen LogP contribution in [0.15, 0.2) is 146 Å². The van der Waals surface area contributed by atoms with Crippen molar-refractivity contribution in [1.29, 1.82) is 0 Å². The Labute approximate surface area is 368 Å². The summed E-state index contributed by atoms with van der Waals surface area (Å²) in [5.41, 5.74) is 12.4. The van der Waals surface area contributed by atoms with Gasteiger partial charge in [-0.25, -0.2) is 26.3 Å². The first-order valence-electron chi connectivity index (χ1n) is 21.1. The summed E-state index contributed by atoms with van der Waals surface area (Å²) < 4.78 is 84.8. The van der Waals surface area contributed by atoms with Crippen LogP contribution in [0.5, 0.6) is 0 Å². The van der Waals surface area contributed by atoms with Gasteiger partial charge in [-0.15, -0.1) is 0 Å². The standard InChI is InChI=1S/C34H20F6.C24H22/c1-17-25(21-13-27(35)33(39)28(36)14-21)11-19-7-3-5-9-23(19)31(17)32-18(2)26(12-20-8-4-6-10-24(20)32)22-15-29(37)34(40)30(38)16-22;1-15-13-19-9-5-7-11-21(19)23(17(15)3)24-18(4)16(2)14-20-10-6-8-12-22(20)24/h3-16H,1-2H3;5-14H,1-4H3. The molecule has 0 unspecified atom stereocenters. The normalized spacial score (nSPS) is 11.4. The number of aryl methyl sites for hydroxylation is 2. The van der Waals surface area contributed by atoms with E-state index in [1.807, 2.05) is 62.4 Å². The molecule has 0 heterocycles. The molecule has 64 heavy (non-hydrogen) atoms. The average molecular weight is 853 g/mol. The van der Waals surface area contributed by atoms with Gasteiger partial charge in [0.1, 0.15) is 0 Å². The Morgan fingerprint density at radius 3 is 0.828 bits per heavy atom. The minimum atomic E-state index is -1.55. The molecule has 0 N–H and O–H groups in total. The maximum atomic E-state index is 14.3. The van der Waals surface area contributed by atoms with Crippen LogP contribution in [-0.4, -0.2) is 0 Å². The van der Waals surface area contributed by atoms with Crippen LogP contribution >= 0.6 is 0 Å². The summed E-state index contributed by atoms with van der Waals surface area (Å²) in [7, 11) is 0. The summed E-state index contributed by atoms with van der Waals surface area (Å²) >= 11 is 0. The highest BCUT2D eigenvalue weighted by Crippen LogP contribution is 2.46. The molecular weight excluding hydrogens is 811 g/mol. The van der Waals surface area contributed by atoms with Crippen LogP contribution in [0.3, 0.4) is 0 Å². The molecule has 0 radical (unpaired) electrons. The highest BCUT2D eigenvalue weighted by molar-refractivity contribution is 6.12. The monoisotopic (exact) mass is 852 g/mol. The fourth-order valence-electron chi connectivity index (χ4n) is 9.39. The van der Waals surface area contributed by atoms with Crippen LogP contribution in [0, 0.1) is 76.4 Å². The molecule has 10 rings (SSSR count). The lowest BCUT2D eigenvalue weighted by Gasteiger charge is -2.22. The van der Waals surface area contributed by atoms with Gasteiger partial charge >= 0.3 is 0 Å². The SMILES string of the molecule is Cc1c(-c2cc(F)c(F)c(F)c2)cc2ccccc2c1-c1c(C)c(-c2cc(F)c(F)c(F)c2)cc2ccccc12.Cc1cc2ccccc2c(-c2c(C)c(C)cc3ccccc23)c1C. The van der Waals surface area contributed by atoms with Crippen molar-refractivity contribution in [3.05, 3.63) is 214 Å². The van der Waals surface area contributed by atoms with E-state index in [4.69, 9.17) is 0 Å². The lowest BCUT2D eigenvalue weighted by molar-refractivity contribution is 0.447. The number of fused-ring (bicyclic) bond motifs is 4. The smallest absolute Gasteiger partial charge is 0.194 e. The average Bonchev–Trinajstić information content (AvgIpc) is 3.28. The number of hydrogen-bond acceptors (Lipinski definition) is 0. The maximum absolute atomic E-state index is 14.3. The van der Waals surface area contributed by atoms with E-state index < -0.39 is 34.9 Å². The summed E-state index contributed by atoms with van der Waals surface area (Å²) in [5.74, 6) is -8.28. The Morgan fingerprint density at radius 2 is 0.531 bits per heavy atom. The predicted octanol–water partition coefficient (Wildman–Crippen LogP) is 17.3. The third kappa shape index (κ3) is 7.17. The third-order valence-corrected chi connectivity index (χ3v) is 12.8. The molecule has 0 aliphatic carbocycles. The van der Waals surface area contributed by atoms with Gasteiger partial charge in [-0.3, -0.25) is 0 Å². The summed E-state index contributed by atoms with van der Waals surface area (Å²) in [4.78, 5) is 0. The molecule has 316 valence electrons. The van der Waals surface area contributed by atoms with Gasteiger partial charge in [-0.2, -0.15) is 0 Å². The minimum absolute atomic E-state index is 0.168. The molecule has 10 aromatic carbocycles. The first-order valence-corrected chi connectivity index (χ1v) is 21.1. The largest absolute Gasteiger partial charge is 0.204 e. The fraction of sp³-hybridized carbons (Fsp3) is 0.103. The van der Waals surface area contributed by atoms with Gasteiger partial charge in [0, 0.05) is 0 Å². The maximum Gasteiger partial charge on any atom is 0.194 e. The van der Waals surface area contributed by atoms with Crippen molar-refractivity contribution in [3.63, 3.8) is 0 Å². The van der Waals surface area contributed by atoms with E-state index in [-0.39, 0.29) is 11.1 Å². The fourth-order valence-corrected chi connectivity index (χ4v) is 9.39. The van der Waals surface area contributed by atoms with Crippen molar-refractivity contribution >= 4 is 43.1 Å². The van der Waals surface area contributed by atoms with Crippen molar-refractivity contribution in [3.8, 4) is 44.5 Å². The summed E-state index contributed by atoms with van der Waals surface area (Å²) in [6, 6.07) is 44.6. The molecule has 0 bridgehead atoms. The van der Waals surface area contributed by atoms with E-state index in [0.717, 1.165) is 56.9 Å². The molecule has 0 saturated carbocycles. The molecular formula is C58H42F6. The second kappa shape index (κ2) is 16.5. The molecule has 6 heteroatoms. The summed E-state index contributed by atoms with van der Waals surface area (Å²) in [6.45, 7) is 12.6. The Bertz CT molecular complexity index is 3250. The molecule has 10 aromatic rings. The third-order valence-electron chi connectivity index (χ3n) is 12.8. The van der Waals surface area contributed by atoms with E-state index in [1.54, 1.807) is 12.1 Å². The van der Waals surface area contributed by atoms with E-state index in [0.29, 0.717) is 22.3 Å². The molecule has 0 aliphatic rings. The Morgan fingerprint density at radius 1 is 0.281 bits per heavy atom. The lowest BCUT2D eigenvalue weighted by atomic mass is 9.82. The second-order valence-electron chi connectivity index (χ2n) is 16.6. The number of hydrogen-bond donors (Lipinski definition) is 0. The van der Waals surface area contributed by atoms with Gasteiger partial charge in [-0.1, -0.05) is 109 Å². The zero-order valence-electron chi connectivity index (χ0n) is 36.1. The Balaban J connectivity index is 0.000000184. The minimum Gasteiger partial charge on any atom is -0.204 e.